The van der Waals surface area contributed by atoms with Gasteiger partial charge in [-0.3, -0.25) is 9.36 Å². The zero-order valence-corrected chi connectivity index (χ0v) is 13.8. The van der Waals surface area contributed by atoms with Gasteiger partial charge in [-0.05, 0) is 29.8 Å². The molecule has 128 valence electrons. The molecule has 1 saturated heterocycles. The number of morpholine rings is 1. The second-order valence-electron chi connectivity index (χ2n) is 6.05. The van der Waals surface area contributed by atoms with Crippen LogP contribution in [0.4, 0.5) is 0 Å². The zero-order valence-electron chi connectivity index (χ0n) is 13.8. The van der Waals surface area contributed by atoms with E-state index in [0.29, 0.717) is 19.7 Å². The molecule has 6 nitrogen and oxygen atoms in total. The molecule has 0 spiro atoms. The molecule has 0 radical (unpaired) electrons. The SMILES string of the molecule is O=C(NCc1ccc(-n2cnc3ccccc32)cc1)C1CNCCO1. The molecule has 2 aromatic carbocycles. The maximum Gasteiger partial charge on any atom is 0.250 e. The van der Waals surface area contributed by atoms with Gasteiger partial charge in [-0.25, -0.2) is 4.98 Å². The third-order valence-corrected chi connectivity index (χ3v) is 4.35. The Morgan fingerprint density at radius 1 is 1.24 bits per heavy atom. The van der Waals surface area contributed by atoms with Crippen molar-refractivity contribution < 1.29 is 9.53 Å². The molecule has 2 N–H and O–H groups in total. The van der Waals surface area contributed by atoms with Crippen molar-refractivity contribution in [1.29, 1.82) is 0 Å². The topological polar surface area (TPSA) is 68.2 Å². The number of para-hydroxylation sites is 2. The van der Waals surface area contributed by atoms with Gasteiger partial charge in [0.2, 0.25) is 0 Å². The molecule has 4 rings (SSSR count). The molecule has 0 bridgehead atoms. The van der Waals surface area contributed by atoms with E-state index in [1.54, 1.807) is 0 Å². The summed E-state index contributed by atoms with van der Waals surface area (Å²) in [6.07, 6.45) is 1.43. The summed E-state index contributed by atoms with van der Waals surface area (Å²) in [5.74, 6) is -0.0723. The first kappa shape index (κ1) is 15.8. The van der Waals surface area contributed by atoms with Crippen molar-refractivity contribution >= 4 is 16.9 Å². The number of benzene rings is 2. The van der Waals surface area contributed by atoms with Crippen molar-refractivity contribution in [3.63, 3.8) is 0 Å². The lowest BCUT2D eigenvalue weighted by atomic mass is 10.2. The molecule has 3 aromatic rings. The van der Waals surface area contributed by atoms with Crippen LogP contribution in [0.3, 0.4) is 0 Å². The fraction of sp³-hybridized carbons (Fsp3) is 0.263. The predicted molar refractivity (Wildman–Crippen MR) is 95.5 cm³/mol. The summed E-state index contributed by atoms with van der Waals surface area (Å²) < 4.78 is 7.51. The normalized spacial score (nSPS) is 17.5. The van der Waals surface area contributed by atoms with Gasteiger partial charge in [0.25, 0.3) is 5.91 Å². The number of carbonyl (C=O) groups is 1. The number of fused-ring (bicyclic) bond motifs is 1. The third-order valence-electron chi connectivity index (χ3n) is 4.35. The Hall–Kier alpha value is -2.70. The molecule has 1 atom stereocenters. The van der Waals surface area contributed by atoms with Gasteiger partial charge in [0.05, 0.1) is 17.6 Å². The smallest absolute Gasteiger partial charge is 0.250 e. The van der Waals surface area contributed by atoms with Gasteiger partial charge in [-0.15, -0.1) is 0 Å². The minimum absolute atomic E-state index is 0.0723. The Kier molecular flexibility index (Phi) is 4.45. The summed E-state index contributed by atoms with van der Waals surface area (Å²) in [6.45, 7) is 2.43. The molecule has 1 aliphatic rings. The lowest BCUT2D eigenvalue weighted by Crippen LogP contribution is -2.47. The summed E-state index contributed by atoms with van der Waals surface area (Å²) in [6, 6.07) is 16.1. The van der Waals surface area contributed by atoms with Crippen LogP contribution in [0, 0.1) is 0 Å². The molecule has 6 heteroatoms. The van der Waals surface area contributed by atoms with Crippen LogP contribution < -0.4 is 10.6 Å². The van der Waals surface area contributed by atoms with Crippen LogP contribution in [-0.2, 0) is 16.1 Å². The molecular weight excluding hydrogens is 316 g/mol. The van der Waals surface area contributed by atoms with Gasteiger partial charge in [-0.2, -0.15) is 0 Å². The minimum Gasteiger partial charge on any atom is -0.366 e. The maximum atomic E-state index is 12.1. The summed E-state index contributed by atoms with van der Waals surface area (Å²) in [4.78, 5) is 16.5. The lowest BCUT2D eigenvalue weighted by Gasteiger charge is -2.22. The molecule has 1 fully saturated rings. The van der Waals surface area contributed by atoms with Crippen molar-refractivity contribution in [2.75, 3.05) is 19.7 Å². The van der Waals surface area contributed by atoms with Crippen molar-refractivity contribution in [1.82, 2.24) is 20.2 Å². The van der Waals surface area contributed by atoms with E-state index in [-0.39, 0.29) is 5.91 Å². The van der Waals surface area contributed by atoms with Gasteiger partial charge < -0.3 is 15.4 Å². The van der Waals surface area contributed by atoms with Crippen LogP contribution in [0.1, 0.15) is 5.56 Å². The van der Waals surface area contributed by atoms with Crippen molar-refractivity contribution in [3.8, 4) is 5.69 Å². The van der Waals surface area contributed by atoms with E-state index in [0.717, 1.165) is 28.8 Å². The summed E-state index contributed by atoms with van der Waals surface area (Å²) in [5.41, 5.74) is 4.14. The first-order valence-corrected chi connectivity index (χ1v) is 8.43. The average Bonchev–Trinajstić information content (AvgIpc) is 3.11. The zero-order chi connectivity index (χ0) is 17.1. The van der Waals surface area contributed by atoms with Gasteiger partial charge >= 0.3 is 0 Å². The molecule has 1 unspecified atom stereocenters. The van der Waals surface area contributed by atoms with E-state index in [1.807, 2.05) is 48.8 Å². The fourth-order valence-electron chi connectivity index (χ4n) is 2.98. The molecule has 1 aliphatic heterocycles. The molecule has 0 saturated carbocycles. The predicted octanol–water partition coefficient (Wildman–Crippen LogP) is 1.63. The Labute approximate surface area is 145 Å². The van der Waals surface area contributed by atoms with E-state index in [4.69, 9.17) is 4.74 Å². The highest BCUT2D eigenvalue weighted by Crippen LogP contribution is 2.18. The van der Waals surface area contributed by atoms with E-state index in [1.165, 1.54) is 0 Å². The van der Waals surface area contributed by atoms with E-state index < -0.39 is 6.10 Å². The van der Waals surface area contributed by atoms with Crippen LogP contribution in [0.2, 0.25) is 0 Å². The first-order chi connectivity index (χ1) is 12.3. The van der Waals surface area contributed by atoms with E-state index >= 15 is 0 Å². The number of hydrogen-bond donors (Lipinski definition) is 2. The highest BCUT2D eigenvalue weighted by molar-refractivity contribution is 5.81. The second-order valence-corrected chi connectivity index (χ2v) is 6.05. The van der Waals surface area contributed by atoms with E-state index in [2.05, 4.69) is 26.3 Å². The number of nitrogens with zero attached hydrogens (tertiary/aromatic N) is 2. The number of imidazole rings is 1. The van der Waals surface area contributed by atoms with Crippen molar-refractivity contribution in [2.45, 2.75) is 12.6 Å². The first-order valence-electron chi connectivity index (χ1n) is 8.43. The van der Waals surface area contributed by atoms with Gasteiger partial charge in [0.1, 0.15) is 12.4 Å². The highest BCUT2D eigenvalue weighted by atomic mass is 16.5. The number of amides is 1. The number of hydrogen-bond acceptors (Lipinski definition) is 4. The summed E-state index contributed by atoms with van der Waals surface area (Å²) in [7, 11) is 0. The lowest BCUT2D eigenvalue weighted by molar-refractivity contribution is -0.134. The standard InChI is InChI=1S/C19H20N4O2/c24-19(18-12-20-9-10-25-18)21-11-14-5-7-15(8-6-14)23-13-22-16-3-1-2-4-17(16)23/h1-8,13,18,20H,9-12H2,(H,21,24). The number of carbonyl (C=O) groups excluding carboxylic acids is 1. The molecule has 0 aliphatic carbocycles. The Morgan fingerprint density at radius 2 is 2.08 bits per heavy atom. The monoisotopic (exact) mass is 336 g/mol. The van der Waals surface area contributed by atoms with Gasteiger partial charge in [0.15, 0.2) is 0 Å². The molecular formula is C19H20N4O2. The van der Waals surface area contributed by atoms with E-state index in [9.17, 15) is 4.79 Å². The van der Waals surface area contributed by atoms with Crippen LogP contribution in [-0.4, -0.2) is 41.3 Å². The Balaban J connectivity index is 1.42. The minimum atomic E-state index is -0.398. The number of ether oxygens (including phenoxy) is 1. The number of rotatable bonds is 4. The highest BCUT2D eigenvalue weighted by Gasteiger charge is 2.21. The van der Waals surface area contributed by atoms with Crippen molar-refractivity contribution in [3.05, 3.63) is 60.4 Å². The van der Waals surface area contributed by atoms with Crippen LogP contribution in [0.25, 0.3) is 16.7 Å². The maximum absolute atomic E-state index is 12.1. The molecule has 25 heavy (non-hydrogen) atoms. The molecule has 2 heterocycles. The van der Waals surface area contributed by atoms with Crippen LogP contribution in [0.5, 0.6) is 0 Å². The second kappa shape index (κ2) is 7.04. The summed E-state index contributed by atoms with van der Waals surface area (Å²) in [5, 5.41) is 6.09. The van der Waals surface area contributed by atoms with Crippen LogP contribution >= 0.6 is 0 Å². The fourth-order valence-corrected chi connectivity index (χ4v) is 2.98. The van der Waals surface area contributed by atoms with Crippen LogP contribution in [0.15, 0.2) is 54.9 Å². The largest absolute Gasteiger partial charge is 0.366 e. The van der Waals surface area contributed by atoms with Gasteiger partial charge in [-0.1, -0.05) is 24.3 Å². The number of aromatic nitrogens is 2. The summed E-state index contributed by atoms with van der Waals surface area (Å²) >= 11 is 0. The Bertz CT molecular complexity index is 867. The third kappa shape index (κ3) is 3.40. The Morgan fingerprint density at radius 3 is 2.88 bits per heavy atom. The molecule has 1 amide bonds. The van der Waals surface area contributed by atoms with Gasteiger partial charge in [0, 0.05) is 25.3 Å². The number of nitrogens with one attached hydrogen (secondary N) is 2. The van der Waals surface area contributed by atoms with Crippen molar-refractivity contribution in [2.24, 2.45) is 0 Å². The quantitative estimate of drug-likeness (QED) is 0.760. The average molecular weight is 336 g/mol. The molecule has 1 aromatic heterocycles.